The highest BCUT2D eigenvalue weighted by Gasteiger charge is 2.23. The molecule has 2 heterocycles. The molecule has 0 atom stereocenters. The molecule has 3 aromatic rings. The van der Waals surface area contributed by atoms with Gasteiger partial charge in [0.2, 0.25) is 5.91 Å². The van der Waals surface area contributed by atoms with E-state index in [0.717, 1.165) is 29.8 Å². The van der Waals surface area contributed by atoms with Crippen LogP contribution in [-0.2, 0) is 11.3 Å². The summed E-state index contributed by atoms with van der Waals surface area (Å²) in [5, 5.41) is 6.86. The lowest BCUT2D eigenvalue weighted by atomic mass is 10.2. The van der Waals surface area contributed by atoms with Crippen LogP contribution in [0, 0.1) is 5.92 Å². The number of hydrogen-bond donors (Lipinski definition) is 2. The molecule has 8 nitrogen and oxygen atoms in total. The van der Waals surface area contributed by atoms with Gasteiger partial charge in [-0.05, 0) is 36.5 Å². The highest BCUT2D eigenvalue weighted by atomic mass is 16.5. The predicted molar refractivity (Wildman–Crippen MR) is 121 cm³/mol. The Labute approximate surface area is 182 Å². The normalized spacial score (nSPS) is 13.6. The number of anilines is 3. The zero-order valence-electron chi connectivity index (χ0n) is 18.4. The van der Waals surface area contributed by atoms with Crippen LogP contribution in [0.25, 0.3) is 11.2 Å². The van der Waals surface area contributed by atoms with E-state index in [2.05, 4.69) is 34.4 Å². The van der Waals surface area contributed by atoms with Crippen molar-refractivity contribution in [1.29, 1.82) is 0 Å². The summed E-state index contributed by atoms with van der Waals surface area (Å²) in [5.41, 5.74) is 3.90. The number of methoxy groups -OCH3 is 1. The molecular formula is C23H29N5O3. The van der Waals surface area contributed by atoms with Crippen LogP contribution < -0.4 is 15.4 Å². The Balaban J connectivity index is 1.66. The number of carbonyl (C=O) groups is 1. The van der Waals surface area contributed by atoms with Crippen molar-refractivity contribution in [3.63, 3.8) is 0 Å². The molecule has 0 spiro atoms. The lowest BCUT2D eigenvalue weighted by Gasteiger charge is -2.15. The van der Waals surface area contributed by atoms with Crippen molar-refractivity contribution in [2.45, 2.75) is 46.3 Å². The number of carbonyl (C=O) groups excluding carboxylic acids is 1. The molecular weight excluding hydrogens is 394 g/mol. The Morgan fingerprint density at radius 1 is 1.26 bits per heavy atom. The second kappa shape index (κ2) is 8.93. The third kappa shape index (κ3) is 4.96. The average molecular weight is 424 g/mol. The number of nitrogens with zero attached hydrogens (tertiary/aromatic N) is 3. The van der Waals surface area contributed by atoms with Crippen molar-refractivity contribution in [3.05, 3.63) is 36.2 Å². The molecule has 1 fully saturated rings. The second-order valence-corrected chi connectivity index (χ2v) is 8.35. The zero-order chi connectivity index (χ0) is 22.0. The van der Waals surface area contributed by atoms with Gasteiger partial charge in [-0.15, -0.1) is 0 Å². The van der Waals surface area contributed by atoms with Crippen molar-refractivity contribution in [2.75, 3.05) is 24.4 Å². The first-order valence-corrected chi connectivity index (χ1v) is 10.6. The first kappa shape index (κ1) is 21.1. The van der Waals surface area contributed by atoms with Crippen LogP contribution in [0.1, 0.15) is 44.0 Å². The van der Waals surface area contributed by atoms with Gasteiger partial charge < -0.3 is 20.1 Å². The van der Waals surface area contributed by atoms with Crippen LogP contribution in [-0.4, -0.2) is 40.2 Å². The van der Waals surface area contributed by atoms with Crippen LogP contribution >= 0.6 is 0 Å². The largest absolute Gasteiger partial charge is 0.495 e. The number of fused-ring (bicyclic) bond motifs is 1. The average Bonchev–Trinajstić information content (AvgIpc) is 3.43. The molecule has 164 valence electrons. The van der Waals surface area contributed by atoms with Gasteiger partial charge in [-0.3, -0.25) is 9.36 Å². The molecule has 0 radical (unpaired) electrons. The first-order valence-electron chi connectivity index (χ1n) is 10.6. The number of benzene rings is 1. The predicted octanol–water partition coefficient (Wildman–Crippen LogP) is 4.59. The van der Waals surface area contributed by atoms with E-state index in [-0.39, 0.29) is 5.91 Å². The fourth-order valence-corrected chi connectivity index (χ4v) is 3.34. The van der Waals surface area contributed by atoms with E-state index in [0.29, 0.717) is 47.9 Å². The molecule has 1 aliphatic carbocycles. The topological polar surface area (TPSA) is 90.3 Å². The number of pyridine rings is 1. The molecule has 4 rings (SSSR count). The molecule has 1 saturated carbocycles. The van der Waals surface area contributed by atoms with Gasteiger partial charge in [-0.2, -0.15) is 0 Å². The summed E-state index contributed by atoms with van der Waals surface area (Å²) in [6.07, 6.45) is 3.79. The minimum Gasteiger partial charge on any atom is -0.495 e. The fourth-order valence-electron chi connectivity index (χ4n) is 3.34. The maximum absolute atomic E-state index is 12.0. The molecule has 0 amide bonds. The van der Waals surface area contributed by atoms with Crippen molar-refractivity contribution < 1.29 is 14.3 Å². The van der Waals surface area contributed by atoms with Crippen molar-refractivity contribution in [1.82, 2.24) is 14.5 Å². The van der Waals surface area contributed by atoms with Gasteiger partial charge in [0.15, 0.2) is 5.65 Å². The molecule has 8 heteroatoms. The number of nitrogens with one attached hydrogen (secondary N) is 2. The summed E-state index contributed by atoms with van der Waals surface area (Å²) in [5.74, 6) is 1.66. The summed E-state index contributed by atoms with van der Waals surface area (Å²) in [6.45, 7) is 6.98. The third-order valence-corrected chi connectivity index (χ3v) is 5.03. The molecule has 2 aromatic heterocycles. The molecule has 0 bridgehead atoms. The molecule has 31 heavy (non-hydrogen) atoms. The highest BCUT2D eigenvalue weighted by Crippen LogP contribution is 2.33. The van der Waals surface area contributed by atoms with Gasteiger partial charge in [0.05, 0.1) is 25.1 Å². The summed E-state index contributed by atoms with van der Waals surface area (Å²) in [6, 6.07) is 8.28. The molecule has 1 aromatic carbocycles. The van der Waals surface area contributed by atoms with Gasteiger partial charge in [-0.25, -0.2) is 9.97 Å². The highest BCUT2D eigenvalue weighted by molar-refractivity contribution is 5.94. The maximum atomic E-state index is 12.0. The van der Waals surface area contributed by atoms with Crippen LogP contribution in [0.3, 0.4) is 0 Å². The third-order valence-electron chi connectivity index (χ3n) is 5.03. The van der Waals surface area contributed by atoms with E-state index in [4.69, 9.17) is 9.47 Å². The standard InChI is InChI=1S/C23H29N5O3/c1-14(2)11-31-12-16-5-8-20(30-4)18(9-16)26-21-10-19(25-17-6-7-17)22-23(27-21)28(13-24-22)15(3)29/h5,8-10,13-14,17H,6-7,11-12H2,1-4H3,(H2,25,26,27). The van der Waals surface area contributed by atoms with Crippen LogP contribution in [0.15, 0.2) is 30.6 Å². The lowest BCUT2D eigenvalue weighted by Crippen LogP contribution is -2.08. The molecule has 0 unspecified atom stereocenters. The second-order valence-electron chi connectivity index (χ2n) is 8.35. The van der Waals surface area contributed by atoms with E-state index in [1.807, 2.05) is 24.3 Å². The van der Waals surface area contributed by atoms with E-state index in [9.17, 15) is 4.79 Å². The summed E-state index contributed by atoms with van der Waals surface area (Å²) in [4.78, 5) is 21.1. The first-order chi connectivity index (χ1) is 14.9. The fraction of sp³-hybridized carbons (Fsp3) is 0.435. The van der Waals surface area contributed by atoms with E-state index in [1.54, 1.807) is 7.11 Å². The Kier molecular flexibility index (Phi) is 6.08. The van der Waals surface area contributed by atoms with Gasteiger partial charge in [0, 0.05) is 25.6 Å². The number of imidazole rings is 1. The van der Waals surface area contributed by atoms with Crippen LogP contribution in [0.4, 0.5) is 17.2 Å². The monoisotopic (exact) mass is 423 g/mol. The van der Waals surface area contributed by atoms with E-state index >= 15 is 0 Å². The van der Waals surface area contributed by atoms with Gasteiger partial charge in [0.1, 0.15) is 23.4 Å². The molecule has 1 aliphatic rings. The smallest absolute Gasteiger partial charge is 0.230 e. The number of hydrogen-bond acceptors (Lipinski definition) is 7. The summed E-state index contributed by atoms with van der Waals surface area (Å²) in [7, 11) is 1.64. The van der Waals surface area contributed by atoms with E-state index in [1.165, 1.54) is 17.8 Å². The van der Waals surface area contributed by atoms with Gasteiger partial charge >= 0.3 is 0 Å². The summed E-state index contributed by atoms with van der Waals surface area (Å²) >= 11 is 0. The SMILES string of the molecule is COc1ccc(COCC(C)C)cc1Nc1cc(NC2CC2)c2ncn(C(C)=O)c2n1. The Morgan fingerprint density at radius 3 is 2.74 bits per heavy atom. The minimum atomic E-state index is -0.133. The Bertz CT molecular complexity index is 1090. The van der Waals surface area contributed by atoms with Gasteiger partial charge in [0.25, 0.3) is 0 Å². The van der Waals surface area contributed by atoms with Crippen molar-refractivity contribution >= 4 is 34.3 Å². The zero-order valence-corrected chi connectivity index (χ0v) is 18.4. The van der Waals surface area contributed by atoms with E-state index < -0.39 is 0 Å². The molecule has 2 N–H and O–H groups in total. The molecule has 0 aliphatic heterocycles. The lowest BCUT2D eigenvalue weighted by molar-refractivity contribution is 0.0940. The quantitative estimate of drug-likeness (QED) is 0.520. The number of ether oxygens (including phenoxy) is 2. The maximum Gasteiger partial charge on any atom is 0.230 e. The Morgan fingerprint density at radius 2 is 2.06 bits per heavy atom. The van der Waals surface area contributed by atoms with Crippen molar-refractivity contribution in [3.8, 4) is 5.75 Å². The van der Waals surface area contributed by atoms with Crippen molar-refractivity contribution in [2.24, 2.45) is 5.92 Å². The Hall–Kier alpha value is -3.13. The summed E-state index contributed by atoms with van der Waals surface area (Å²) < 4.78 is 12.8. The minimum absolute atomic E-state index is 0.133. The van der Waals surface area contributed by atoms with Crippen LogP contribution in [0.2, 0.25) is 0 Å². The molecule has 0 saturated heterocycles. The van der Waals surface area contributed by atoms with Gasteiger partial charge in [-0.1, -0.05) is 19.9 Å². The number of rotatable bonds is 9. The number of aromatic nitrogens is 3. The van der Waals surface area contributed by atoms with Crippen LogP contribution in [0.5, 0.6) is 5.75 Å².